The molecule has 0 radical (unpaired) electrons. The van der Waals surface area contributed by atoms with Gasteiger partial charge in [0.05, 0.1) is 5.60 Å². The van der Waals surface area contributed by atoms with Crippen molar-refractivity contribution in [1.29, 1.82) is 0 Å². The SMILES string of the molecule is Brc1ccccc1-c1ccccc1Br.C1CCOC1.O=C1C2CC3CC(C2)CC1C3.OC1(c2ccccc2-c2ccccc2Br)C2CC3CC(C2)CC1C3.[CH2-]CCC.[Li+]. The number of hydrogen-bond acceptors (Lipinski definition) is 3. The normalized spacial score (nSPS) is 30.0. The van der Waals surface area contributed by atoms with Gasteiger partial charge in [-0.2, -0.15) is 6.42 Å². The molecule has 3 nitrogen and oxygen atoms in total. The van der Waals surface area contributed by atoms with E-state index in [0.29, 0.717) is 29.5 Å². The molecule has 1 N–H and O–H groups in total. The Morgan fingerprint density at radius 2 is 0.915 bits per heavy atom. The first-order chi connectivity index (χ1) is 28.2. The fourth-order valence-electron chi connectivity index (χ4n) is 11.6. The van der Waals surface area contributed by atoms with Crippen LogP contribution in [-0.2, 0) is 15.1 Å². The van der Waals surface area contributed by atoms with E-state index in [4.69, 9.17) is 4.74 Å². The third-order valence-electron chi connectivity index (χ3n) is 14.1. The van der Waals surface area contributed by atoms with Crippen LogP contribution in [0.3, 0.4) is 0 Å². The molecule has 9 aliphatic rings. The number of ketones is 1. The molecule has 8 bridgehead atoms. The van der Waals surface area contributed by atoms with Gasteiger partial charge in [0, 0.05) is 38.5 Å². The molecule has 4 aromatic rings. The van der Waals surface area contributed by atoms with Gasteiger partial charge in [-0.25, -0.2) is 0 Å². The number of halogens is 3. The first kappa shape index (κ1) is 47.0. The average Bonchev–Trinajstić information content (AvgIpc) is 3.84. The van der Waals surface area contributed by atoms with Crippen molar-refractivity contribution in [1.82, 2.24) is 0 Å². The Balaban J connectivity index is 0.000000142. The number of Topliss-reactive ketones (excluding diaryl/α,β-unsaturated/α-hetero) is 1. The summed E-state index contributed by atoms with van der Waals surface area (Å²) in [7, 11) is 0. The largest absolute Gasteiger partial charge is 1.00 e. The maximum Gasteiger partial charge on any atom is 1.00 e. The van der Waals surface area contributed by atoms with Crippen LogP contribution in [-0.4, -0.2) is 24.1 Å². The van der Waals surface area contributed by atoms with Gasteiger partial charge in [-0.3, -0.25) is 4.79 Å². The van der Waals surface area contributed by atoms with Crippen molar-refractivity contribution in [2.45, 2.75) is 102 Å². The molecule has 59 heavy (non-hydrogen) atoms. The zero-order valence-electron chi connectivity index (χ0n) is 35.3. The minimum Gasteiger partial charge on any atom is -0.385 e. The molecule has 1 heterocycles. The van der Waals surface area contributed by atoms with Gasteiger partial charge in [0.1, 0.15) is 5.78 Å². The van der Waals surface area contributed by atoms with E-state index in [1.807, 2.05) is 30.3 Å². The zero-order valence-corrected chi connectivity index (χ0v) is 40.0. The maximum absolute atomic E-state index is 12.0. The predicted molar refractivity (Wildman–Crippen MR) is 250 cm³/mol. The second-order valence-corrected chi connectivity index (χ2v) is 20.6. The van der Waals surface area contributed by atoms with Gasteiger partial charge >= 0.3 is 18.9 Å². The van der Waals surface area contributed by atoms with Gasteiger partial charge in [0.25, 0.3) is 0 Å². The summed E-state index contributed by atoms with van der Waals surface area (Å²) in [6.07, 6.45) is 17.5. The molecule has 0 atom stereocenters. The number of unbranched alkanes of at least 4 members (excludes halogenated alkanes) is 1. The van der Waals surface area contributed by atoms with Gasteiger partial charge < -0.3 is 16.8 Å². The molecule has 310 valence electrons. The summed E-state index contributed by atoms with van der Waals surface area (Å²) in [4.78, 5) is 11.6. The standard InChI is InChI=1S/C22H23BrO.C12H8Br2.C10H14O.C4H8O.C4H9.Li/c23-21-8-4-2-6-19(21)18-5-1-3-7-20(18)22(24)16-10-14-9-15(12-16)13-17(22)11-14;13-11-7-3-1-5-9(11)10-6-2-4-8-12(10)14;11-10-8-2-6-1-7(4-8)5-9(10)3-6;1-2-4-5-3-1;1-3-4-2;/h1-8,14-17,24H,9-13H2;1-8H;6-9H,1-5H2;1-4H2;1,3-4H2,2H3;/q;;;;-1;+1. The van der Waals surface area contributed by atoms with Crippen molar-refractivity contribution in [2.24, 2.45) is 47.3 Å². The Labute approximate surface area is 392 Å². The smallest absolute Gasteiger partial charge is 0.385 e. The van der Waals surface area contributed by atoms with Crippen molar-refractivity contribution in [2.75, 3.05) is 13.2 Å². The van der Waals surface area contributed by atoms with E-state index in [9.17, 15) is 9.90 Å². The van der Waals surface area contributed by atoms with Crippen LogP contribution in [0, 0.1) is 54.3 Å². The van der Waals surface area contributed by atoms with Crippen molar-refractivity contribution in [3.63, 3.8) is 0 Å². The summed E-state index contributed by atoms with van der Waals surface area (Å²) in [6, 6.07) is 33.3. The first-order valence-electron chi connectivity index (χ1n) is 22.2. The summed E-state index contributed by atoms with van der Waals surface area (Å²) in [5.74, 6) is 6.13. The minimum absolute atomic E-state index is 0. The van der Waals surface area contributed by atoms with Crippen molar-refractivity contribution in [3.05, 3.63) is 123 Å². The molecule has 8 aliphatic carbocycles. The van der Waals surface area contributed by atoms with E-state index >= 15 is 0 Å². The molecule has 8 saturated carbocycles. The molecule has 13 rings (SSSR count). The average molecular weight is 982 g/mol. The van der Waals surface area contributed by atoms with Gasteiger partial charge in [-0.05, 0) is 159 Å². The molecule has 0 spiro atoms. The number of benzene rings is 4. The van der Waals surface area contributed by atoms with E-state index in [-0.39, 0.29) is 18.9 Å². The van der Waals surface area contributed by atoms with E-state index < -0.39 is 5.60 Å². The second-order valence-electron chi connectivity index (χ2n) is 18.0. The summed E-state index contributed by atoms with van der Waals surface area (Å²) in [5, 5.41) is 12.0. The Bertz CT molecular complexity index is 1850. The Morgan fingerprint density at radius 1 is 0.576 bits per heavy atom. The second kappa shape index (κ2) is 22.2. The number of hydrogen-bond donors (Lipinski definition) is 1. The van der Waals surface area contributed by atoms with Gasteiger partial charge in [0.15, 0.2) is 0 Å². The number of aliphatic hydroxyl groups is 1. The molecule has 0 amide bonds. The minimum atomic E-state index is -0.640. The van der Waals surface area contributed by atoms with Gasteiger partial charge in [-0.15, -0.1) is 0 Å². The molecule has 0 aromatic heterocycles. The van der Waals surface area contributed by atoms with E-state index in [1.165, 1.54) is 106 Å². The molecule has 7 heteroatoms. The summed E-state index contributed by atoms with van der Waals surface area (Å²) in [5.41, 5.74) is 5.32. The molecular formula is C52H62Br3LiO3. The van der Waals surface area contributed by atoms with E-state index in [0.717, 1.165) is 62.3 Å². The number of rotatable bonds is 4. The molecule has 9 fully saturated rings. The molecule has 0 unspecified atom stereocenters. The maximum atomic E-state index is 12.0. The van der Waals surface area contributed by atoms with Crippen LogP contribution < -0.4 is 18.9 Å². The third kappa shape index (κ3) is 11.2. The fraction of sp³-hybridized carbons (Fsp3) is 0.500. The molecule has 1 saturated heterocycles. The molecule has 1 aliphatic heterocycles. The van der Waals surface area contributed by atoms with Crippen LogP contribution in [0.15, 0.2) is 110 Å². The monoisotopic (exact) mass is 978 g/mol. The molecular weight excluding hydrogens is 919 g/mol. The quantitative estimate of drug-likeness (QED) is 0.164. The Kier molecular flexibility index (Phi) is 17.7. The topological polar surface area (TPSA) is 46.5 Å². The summed E-state index contributed by atoms with van der Waals surface area (Å²) >= 11 is 10.8. The van der Waals surface area contributed by atoms with Crippen LogP contribution >= 0.6 is 47.8 Å². The van der Waals surface area contributed by atoms with E-state index in [1.54, 1.807) is 0 Å². The number of ether oxygens (including phenoxy) is 1. The van der Waals surface area contributed by atoms with Crippen molar-refractivity contribution in [3.8, 4) is 22.3 Å². The van der Waals surface area contributed by atoms with Crippen LogP contribution in [0.5, 0.6) is 0 Å². The van der Waals surface area contributed by atoms with Crippen LogP contribution in [0.2, 0.25) is 0 Å². The van der Waals surface area contributed by atoms with Crippen LogP contribution in [0.25, 0.3) is 22.3 Å². The Hall–Kier alpha value is -1.49. The third-order valence-corrected chi connectivity index (χ3v) is 16.1. The zero-order chi connectivity index (χ0) is 40.6. The Morgan fingerprint density at radius 3 is 1.27 bits per heavy atom. The van der Waals surface area contributed by atoms with Crippen LogP contribution in [0.1, 0.15) is 102 Å². The number of carbonyl (C=O) groups is 1. The van der Waals surface area contributed by atoms with E-state index in [2.05, 4.69) is 128 Å². The van der Waals surface area contributed by atoms with Crippen molar-refractivity contribution >= 4 is 53.6 Å². The first-order valence-corrected chi connectivity index (χ1v) is 24.5. The molecule has 4 aromatic carbocycles. The summed E-state index contributed by atoms with van der Waals surface area (Å²) < 4.78 is 8.28. The van der Waals surface area contributed by atoms with Gasteiger partial charge in [-0.1, -0.05) is 140 Å². The van der Waals surface area contributed by atoms with Crippen molar-refractivity contribution < 1.29 is 33.5 Å². The van der Waals surface area contributed by atoms with Crippen LogP contribution in [0.4, 0.5) is 0 Å². The fourth-order valence-corrected chi connectivity index (χ4v) is 13.1. The van der Waals surface area contributed by atoms with Gasteiger partial charge in [0.2, 0.25) is 0 Å². The summed E-state index contributed by atoms with van der Waals surface area (Å²) in [6.45, 7) is 7.72. The number of carbonyl (C=O) groups excluding carboxylic acids is 1. The predicted octanol–water partition coefficient (Wildman–Crippen LogP) is 12.1.